The second-order valence-electron chi connectivity index (χ2n) is 23.8. The number of rotatable bonds is 62. The van der Waals surface area contributed by atoms with Crippen molar-refractivity contribution in [2.45, 2.75) is 347 Å². The van der Waals surface area contributed by atoms with Gasteiger partial charge in [-0.2, -0.15) is 0 Å². The molecule has 444 valence electrons. The normalized spacial score (nSPS) is 12.7. The van der Waals surface area contributed by atoms with Crippen molar-refractivity contribution >= 4 is 17.9 Å². The Kier molecular flexibility index (Phi) is 56.7. The van der Waals surface area contributed by atoms with Gasteiger partial charge in [0, 0.05) is 12.8 Å². The van der Waals surface area contributed by atoms with E-state index in [-0.39, 0.29) is 32.2 Å². The number of esters is 2. The predicted molar refractivity (Wildman–Crippen MR) is 316 cm³/mol. The van der Waals surface area contributed by atoms with E-state index in [4.69, 9.17) is 18.9 Å². The van der Waals surface area contributed by atoms with Gasteiger partial charge in [0.2, 0.25) is 0 Å². The fraction of sp³-hybridized carbons (Fsp3) is 0.924. The number of carbonyl (C=O) groups excluding carboxylic acids is 3. The quantitative estimate of drug-likeness (QED) is 0.0195. The van der Waals surface area contributed by atoms with Gasteiger partial charge in [-0.05, 0) is 38.5 Å². The fourth-order valence-electron chi connectivity index (χ4n) is 9.95. The highest BCUT2D eigenvalue weighted by molar-refractivity contribution is 5.70. The summed E-state index contributed by atoms with van der Waals surface area (Å²) < 4.78 is 22.8. The number of carboxylic acid groups (broad SMARTS) is 1. The Morgan fingerprint density at radius 3 is 0.987 bits per heavy atom. The lowest BCUT2D eigenvalue weighted by atomic mass is 10.0. The maximum absolute atomic E-state index is 12.9. The van der Waals surface area contributed by atoms with Gasteiger partial charge in [0.25, 0.3) is 0 Å². The highest BCUT2D eigenvalue weighted by Crippen LogP contribution is 2.18. The van der Waals surface area contributed by atoms with Crippen molar-refractivity contribution in [2.24, 2.45) is 0 Å². The lowest BCUT2D eigenvalue weighted by Crippen LogP contribution is -2.44. The Balaban J connectivity index is 4.10. The topological polar surface area (TPSA) is 111 Å². The smallest absolute Gasteiger partial charge is 0.306 e. The Morgan fingerprint density at radius 1 is 0.387 bits per heavy atom. The van der Waals surface area contributed by atoms with E-state index in [0.29, 0.717) is 17.4 Å². The summed E-state index contributed by atoms with van der Waals surface area (Å²) in [5, 5.41) is 11.8. The van der Waals surface area contributed by atoms with Gasteiger partial charge in [0.05, 0.1) is 40.3 Å². The molecule has 0 aliphatic rings. The van der Waals surface area contributed by atoms with E-state index in [1.54, 1.807) is 0 Å². The molecule has 2 atom stereocenters. The zero-order chi connectivity index (χ0) is 54.8. The van der Waals surface area contributed by atoms with Crippen LogP contribution in [0.5, 0.6) is 0 Å². The van der Waals surface area contributed by atoms with Gasteiger partial charge in [-0.1, -0.05) is 296 Å². The monoisotopic (exact) mass is 1060 g/mol. The minimum atomic E-state index is -1.62. The highest BCUT2D eigenvalue weighted by Gasteiger charge is 2.22. The first kappa shape index (κ1) is 73.0. The van der Waals surface area contributed by atoms with Crippen LogP contribution in [0.3, 0.4) is 0 Å². The third-order valence-electron chi connectivity index (χ3n) is 15.0. The maximum atomic E-state index is 12.9. The van der Waals surface area contributed by atoms with Crippen LogP contribution in [0.25, 0.3) is 0 Å². The number of carboxylic acids is 1. The molecule has 0 aromatic rings. The van der Waals surface area contributed by atoms with Gasteiger partial charge in [-0.25, -0.2) is 0 Å². The molecule has 0 fully saturated rings. The molecule has 0 N–H and O–H groups in total. The molecule has 9 nitrogen and oxygen atoms in total. The van der Waals surface area contributed by atoms with E-state index < -0.39 is 24.3 Å². The number of ether oxygens (including phenoxy) is 4. The van der Waals surface area contributed by atoms with Crippen LogP contribution < -0.4 is 5.11 Å². The minimum Gasteiger partial charge on any atom is -0.545 e. The van der Waals surface area contributed by atoms with E-state index >= 15 is 0 Å². The summed E-state index contributed by atoms with van der Waals surface area (Å²) in [6.45, 7) is 4.82. The zero-order valence-corrected chi connectivity index (χ0v) is 50.7. The van der Waals surface area contributed by atoms with Crippen molar-refractivity contribution < 1.29 is 42.9 Å². The lowest BCUT2D eigenvalue weighted by molar-refractivity contribution is -0.870. The summed E-state index contributed by atoms with van der Waals surface area (Å²) >= 11 is 0. The number of quaternary nitrogens is 1. The Bertz CT molecular complexity index is 1240. The van der Waals surface area contributed by atoms with Crippen molar-refractivity contribution in [3.63, 3.8) is 0 Å². The fourth-order valence-corrected chi connectivity index (χ4v) is 9.95. The van der Waals surface area contributed by atoms with Crippen LogP contribution in [0.1, 0.15) is 335 Å². The molecular weight excluding hydrogens is 935 g/mol. The first-order valence-corrected chi connectivity index (χ1v) is 32.8. The molecular formula is C66H127NO8. The number of allylic oxidation sites excluding steroid dienone is 2. The predicted octanol–water partition coefficient (Wildman–Crippen LogP) is 18.4. The van der Waals surface area contributed by atoms with Crippen molar-refractivity contribution in [3.8, 4) is 0 Å². The minimum absolute atomic E-state index is 0.152. The highest BCUT2D eigenvalue weighted by atomic mass is 16.7. The summed E-state index contributed by atoms with van der Waals surface area (Å²) in [6.07, 6.45) is 65.7. The molecule has 0 aromatic carbocycles. The molecule has 75 heavy (non-hydrogen) atoms. The second kappa shape index (κ2) is 58.2. The number of likely N-dealkylation sites (N-methyl/N-ethyl adjacent to an activating group) is 1. The van der Waals surface area contributed by atoms with Crippen molar-refractivity contribution in [3.05, 3.63) is 12.2 Å². The summed E-state index contributed by atoms with van der Waals surface area (Å²) in [5.74, 6) is -2.25. The van der Waals surface area contributed by atoms with Crippen LogP contribution in [0.4, 0.5) is 0 Å². The standard InChI is InChI=1S/C66H127NO8/c1-6-8-10-12-14-16-18-20-22-24-26-28-30-31-32-33-35-36-38-40-42-44-46-48-50-52-54-56-63(68)73-60-62(61-74-66(65(70)71)72-59-58-67(3,4)5)75-64(69)57-55-53-51-49-47-45-43-41-39-37-34-29-27-25-23-21-19-17-15-13-11-9-7-2/h25,27,62,66H,6-24,26,28-61H2,1-5H3/b27-25-. The molecule has 0 rings (SSSR count). The average molecular weight is 1060 g/mol. The lowest BCUT2D eigenvalue weighted by Gasteiger charge is -2.26. The van der Waals surface area contributed by atoms with Crippen LogP contribution >= 0.6 is 0 Å². The molecule has 0 spiro atoms. The third kappa shape index (κ3) is 59.5. The number of carbonyl (C=O) groups is 3. The van der Waals surface area contributed by atoms with Crippen LogP contribution in [0, 0.1) is 0 Å². The van der Waals surface area contributed by atoms with E-state index in [2.05, 4.69) is 26.0 Å². The van der Waals surface area contributed by atoms with Gasteiger partial charge >= 0.3 is 11.9 Å². The molecule has 0 saturated carbocycles. The van der Waals surface area contributed by atoms with Crippen molar-refractivity contribution in [2.75, 3.05) is 47.5 Å². The number of nitrogens with zero attached hydrogens (tertiary/aromatic N) is 1. The average Bonchev–Trinajstić information content (AvgIpc) is 3.38. The van der Waals surface area contributed by atoms with E-state index in [1.165, 1.54) is 270 Å². The molecule has 0 radical (unpaired) electrons. The van der Waals surface area contributed by atoms with E-state index in [0.717, 1.165) is 38.5 Å². The molecule has 0 aromatic heterocycles. The van der Waals surface area contributed by atoms with E-state index in [1.807, 2.05) is 21.1 Å². The largest absolute Gasteiger partial charge is 0.545 e. The molecule has 9 heteroatoms. The number of hydrogen-bond acceptors (Lipinski definition) is 8. The van der Waals surface area contributed by atoms with Crippen LogP contribution in [-0.4, -0.2) is 82.3 Å². The van der Waals surface area contributed by atoms with Crippen LogP contribution in [-0.2, 0) is 33.3 Å². The first-order valence-electron chi connectivity index (χ1n) is 32.8. The Labute approximate surface area is 465 Å². The maximum Gasteiger partial charge on any atom is 0.306 e. The van der Waals surface area contributed by atoms with Gasteiger partial charge in [-0.3, -0.25) is 9.59 Å². The van der Waals surface area contributed by atoms with Crippen LogP contribution in [0.2, 0.25) is 0 Å². The van der Waals surface area contributed by atoms with Crippen LogP contribution in [0.15, 0.2) is 12.2 Å². The molecule has 2 unspecified atom stereocenters. The van der Waals surface area contributed by atoms with Crippen molar-refractivity contribution in [1.29, 1.82) is 0 Å². The number of unbranched alkanes of at least 4 members (excludes halogenated alkanes) is 45. The number of hydrogen-bond donors (Lipinski definition) is 0. The van der Waals surface area contributed by atoms with Gasteiger partial charge < -0.3 is 33.3 Å². The second-order valence-corrected chi connectivity index (χ2v) is 23.8. The van der Waals surface area contributed by atoms with E-state index in [9.17, 15) is 19.5 Å². The van der Waals surface area contributed by atoms with Gasteiger partial charge in [-0.15, -0.1) is 0 Å². The third-order valence-corrected chi connectivity index (χ3v) is 15.0. The Hall–Kier alpha value is -1.97. The summed E-state index contributed by atoms with van der Waals surface area (Å²) in [6, 6.07) is 0. The number of aliphatic carboxylic acids is 1. The molecule has 0 amide bonds. The van der Waals surface area contributed by atoms with Gasteiger partial charge in [0.15, 0.2) is 12.4 Å². The molecule has 0 aliphatic carbocycles. The zero-order valence-electron chi connectivity index (χ0n) is 50.7. The molecule has 0 aliphatic heterocycles. The first-order chi connectivity index (χ1) is 36.6. The molecule has 0 heterocycles. The Morgan fingerprint density at radius 2 is 0.680 bits per heavy atom. The summed E-state index contributed by atoms with van der Waals surface area (Å²) in [4.78, 5) is 37.4. The van der Waals surface area contributed by atoms with Gasteiger partial charge in [0.1, 0.15) is 13.2 Å². The van der Waals surface area contributed by atoms with Crippen molar-refractivity contribution in [1.82, 2.24) is 0 Å². The SMILES string of the molecule is CCCCCCCCCC/C=C\CCCCCCCCCCCCCC(=O)OC(COC(=O)CCCCCCCCCCCCCCCCCCCCCCCCCCCCC)COC(OCC[N+](C)(C)C)C(=O)[O-]. The summed E-state index contributed by atoms with van der Waals surface area (Å²) in [5.41, 5.74) is 0. The molecule has 0 bridgehead atoms. The summed E-state index contributed by atoms with van der Waals surface area (Å²) in [7, 11) is 5.94. The molecule has 0 saturated heterocycles.